The van der Waals surface area contributed by atoms with Gasteiger partial charge in [0.1, 0.15) is 5.15 Å². The van der Waals surface area contributed by atoms with Crippen LogP contribution in [0.15, 0.2) is 24.3 Å². The van der Waals surface area contributed by atoms with Crippen LogP contribution in [0.1, 0.15) is 23.7 Å². The zero-order valence-corrected chi connectivity index (χ0v) is 15.8. The average molecular weight is 367 g/mol. The van der Waals surface area contributed by atoms with Gasteiger partial charge < -0.3 is 0 Å². The molecule has 1 aliphatic heterocycles. The van der Waals surface area contributed by atoms with E-state index in [9.17, 15) is 0 Å². The van der Waals surface area contributed by atoms with Crippen molar-refractivity contribution in [1.82, 2.24) is 19.6 Å². The number of hydrogen-bond acceptors (Lipinski definition) is 3. The van der Waals surface area contributed by atoms with Crippen LogP contribution in [-0.2, 0) is 26.6 Å². The van der Waals surface area contributed by atoms with Gasteiger partial charge in [-0.05, 0) is 24.1 Å². The van der Waals surface area contributed by atoms with Crippen molar-refractivity contribution in [1.29, 1.82) is 0 Å². The van der Waals surface area contributed by atoms with Crippen LogP contribution in [0.5, 0.6) is 0 Å². The maximum absolute atomic E-state index is 6.41. The van der Waals surface area contributed by atoms with Gasteiger partial charge in [-0.15, -0.1) is 0 Å². The molecule has 0 saturated carbocycles. The molecule has 3 rings (SSSR count). The normalized spacial score (nSPS) is 16.7. The van der Waals surface area contributed by atoms with Crippen molar-refractivity contribution in [2.45, 2.75) is 26.4 Å². The third-order valence-corrected chi connectivity index (χ3v) is 5.38. The summed E-state index contributed by atoms with van der Waals surface area (Å²) in [5, 5.41) is 6.08. The molecule has 0 spiro atoms. The number of aryl methyl sites for hydroxylation is 2. The monoisotopic (exact) mass is 366 g/mol. The molecule has 1 aromatic carbocycles. The fourth-order valence-corrected chi connectivity index (χ4v) is 3.55. The van der Waals surface area contributed by atoms with Gasteiger partial charge in [-0.3, -0.25) is 14.5 Å². The fourth-order valence-electron chi connectivity index (χ4n) is 3.22. The van der Waals surface area contributed by atoms with Crippen molar-refractivity contribution in [3.63, 3.8) is 0 Å². The topological polar surface area (TPSA) is 24.3 Å². The maximum atomic E-state index is 6.41. The van der Waals surface area contributed by atoms with Gasteiger partial charge in [0.2, 0.25) is 0 Å². The lowest BCUT2D eigenvalue weighted by Gasteiger charge is -2.34. The van der Waals surface area contributed by atoms with Crippen molar-refractivity contribution in [2.24, 2.45) is 7.05 Å². The Labute approximate surface area is 154 Å². The number of halogens is 2. The Morgan fingerprint density at radius 2 is 1.54 bits per heavy atom. The molecule has 24 heavy (non-hydrogen) atoms. The number of piperazine rings is 1. The maximum Gasteiger partial charge on any atom is 0.131 e. The number of hydrogen-bond donors (Lipinski definition) is 0. The zero-order valence-electron chi connectivity index (χ0n) is 14.3. The smallest absolute Gasteiger partial charge is 0.131 e. The average Bonchev–Trinajstić information content (AvgIpc) is 2.86. The Morgan fingerprint density at radius 3 is 2.12 bits per heavy atom. The first-order chi connectivity index (χ1) is 11.6. The van der Waals surface area contributed by atoms with Crippen LogP contribution in [0, 0.1) is 0 Å². The quantitative estimate of drug-likeness (QED) is 0.807. The second kappa shape index (κ2) is 7.87. The Morgan fingerprint density at radius 1 is 0.958 bits per heavy atom. The number of benzene rings is 1. The van der Waals surface area contributed by atoms with E-state index in [0.717, 1.165) is 61.6 Å². The first-order valence-electron chi connectivity index (χ1n) is 8.46. The molecule has 0 aliphatic carbocycles. The molecule has 1 aliphatic rings. The van der Waals surface area contributed by atoms with Crippen LogP contribution in [0.3, 0.4) is 0 Å². The summed E-state index contributed by atoms with van der Waals surface area (Å²) in [4.78, 5) is 4.96. The van der Waals surface area contributed by atoms with Gasteiger partial charge in [-0.25, -0.2) is 0 Å². The van der Waals surface area contributed by atoms with Gasteiger partial charge in [-0.1, -0.05) is 42.3 Å². The molecular formula is C18H24Cl2N4. The van der Waals surface area contributed by atoms with Gasteiger partial charge >= 0.3 is 0 Å². The Kier molecular flexibility index (Phi) is 5.82. The molecule has 1 aromatic heterocycles. The molecule has 0 unspecified atom stereocenters. The molecular weight excluding hydrogens is 343 g/mol. The molecule has 0 amide bonds. The van der Waals surface area contributed by atoms with E-state index in [-0.39, 0.29) is 0 Å². The van der Waals surface area contributed by atoms with E-state index in [4.69, 9.17) is 23.2 Å². The fraction of sp³-hybridized carbons (Fsp3) is 0.500. The number of aromatic nitrogens is 2. The van der Waals surface area contributed by atoms with E-state index in [2.05, 4.69) is 34.0 Å². The van der Waals surface area contributed by atoms with E-state index in [1.807, 2.05) is 19.2 Å². The van der Waals surface area contributed by atoms with Crippen LogP contribution in [-0.4, -0.2) is 45.8 Å². The summed E-state index contributed by atoms with van der Waals surface area (Å²) in [6.07, 6.45) is 0.923. The highest BCUT2D eigenvalue weighted by atomic mass is 35.5. The molecule has 0 atom stereocenters. The van der Waals surface area contributed by atoms with Crippen LogP contribution in [0.2, 0.25) is 10.2 Å². The molecule has 0 radical (unpaired) electrons. The van der Waals surface area contributed by atoms with E-state index < -0.39 is 0 Å². The lowest BCUT2D eigenvalue weighted by Crippen LogP contribution is -2.45. The van der Waals surface area contributed by atoms with Gasteiger partial charge in [0.15, 0.2) is 0 Å². The molecule has 0 bridgehead atoms. The lowest BCUT2D eigenvalue weighted by atomic mass is 10.1. The highest BCUT2D eigenvalue weighted by Gasteiger charge is 2.21. The van der Waals surface area contributed by atoms with Gasteiger partial charge in [0.25, 0.3) is 0 Å². The van der Waals surface area contributed by atoms with Crippen molar-refractivity contribution >= 4 is 23.2 Å². The Bertz CT molecular complexity index is 673. The first kappa shape index (κ1) is 17.7. The van der Waals surface area contributed by atoms with E-state index in [1.54, 1.807) is 4.68 Å². The minimum atomic E-state index is 0.774. The molecule has 130 valence electrons. The molecule has 4 nitrogen and oxygen atoms in total. The Balaban J connectivity index is 1.55. The predicted molar refractivity (Wildman–Crippen MR) is 99.6 cm³/mol. The third-order valence-electron chi connectivity index (χ3n) is 4.65. The standard InChI is InChI=1S/C18H24Cl2N4/c1-3-17-16(18(20)22(2)21-17)13-24-10-8-23(9-11-24)12-14-4-6-15(19)7-5-14/h4-7H,3,8-13H2,1-2H3. The van der Waals surface area contributed by atoms with Crippen LogP contribution >= 0.6 is 23.2 Å². The second-order valence-electron chi connectivity index (χ2n) is 6.37. The molecule has 1 fully saturated rings. The summed E-state index contributed by atoms with van der Waals surface area (Å²) in [5.74, 6) is 0. The molecule has 2 heterocycles. The summed E-state index contributed by atoms with van der Waals surface area (Å²) in [7, 11) is 1.91. The number of rotatable bonds is 5. The second-order valence-corrected chi connectivity index (χ2v) is 7.17. The van der Waals surface area contributed by atoms with E-state index >= 15 is 0 Å². The summed E-state index contributed by atoms with van der Waals surface area (Å²) in [5.41, 5.74) is 3.62. The van der Waals surface area contributed by atoms with Gasteiger partial charge in [0.05, 0.1) is 5.69 Å². The SMILES string of the molecule is CCc1nn(C)c(Cl)c1CN1CCN(Cc2ccc(Cl)cc2)CC1. The third kappa shape index (κ3) is 4.12. The molecule has 2 aromatic rings. The van der Waals surface area contributed by atoms with E-state index in [0.29, 0.717) is 0 Å². The van der Waals surface area contributed by atoms with Crippen molar-refractivity contribution in [3.8, 4) is 0 Å². The zero-order chi connectivity index (χ0) is 17.1. The Hall–Kier alpha value is -1.07. The lowest BCUT2D eigenvalue weighted by molar-refractivity contribution is 0.122. The highest BCUT2D eigenvalue weighted by Crippen LogP contribution is 2.22. The van der Waals surface area contributed by atoms with Crippen molar-refractivity contribution < 1.29 is 0 Å². The summed E-state index contributed by atoms with van der Waals surface area (Å²) < 4.78 is 1.78. The summed E-state index contributed by atoms with van der Waals surface area (Å²) in [6.45, 7) is 8.27. The van der Waals surface area contributed by atoms with Crippen LogP contribution in [0.25, 0.3) is 0 Å². The predicted octanol–water partition coefficient (Wildman–Crippen LogP) is 3.61. The molecule has 6 heteroatoms. The molecule has 1 saturated heterocycles. The summed E-state index contributed by atoms with van der Waals surface area (Å²) in [6, 6.07) is 8.14. The minimum Gasteiger partial charge on any atom is -0.297 e. The number of nitrogens with zero attached hydrogens (tertiary/aromatic N) is 4. The minimum absolute atomic E-state index is 0.774. The summed E-state index contributed by atoms with van der Waals surface area (Å²) >= 11 is 12.4. The highest BCUT2D eigenvalue weighted by molar-refractivity contribution is 6.30. The van der Waals surface area contributed by atoms with Gasteiger partial charge in [0, 0.05) is 56.9 Å². The van der Waals surface area contributed by atoms with Gasteiger partial charge in [-0.2, -0.15) is 5.10 Å². The van der Waals surface area contributed by atoms with E-state index in [1.165, 1.54) is 11.1 Å². The van der Waals surface area contributed by atoms with Crippen LogP contribution in [0.4, 0.5) is 0 Å². The van der Waals surface area contributed by atoms with Crippen molar-refractivity contribution in [2.75, 3.05) is 26.2 Å². The molecule has 0 N–H and O–H groups in total. The van der Waals surface area contributed by atoms with Crippen molar-refractivity contribution in [3.05, 3.63) is 51.3 Å². The largest absolute Gasteiger partial charge is 0.297 e. The van der Waals surface area contributed by atoms with Crippen LogP contribution < -0.4 is 0 Å². The first-order valence-corrected chi connectivity index (χ1v) is 9.21.